The summed E-state index contributed by atoms with van der Waals surface area (Å²) in [5.74, 6) is 2.06. The molecule has 35 heavy (non-hydrogen) atoms. The molecule has 2 aliphatic rings. The third-order valence-corrected chi connectivity index (χ3v) is 8.91. The van der Waals surface area contributed by atoms with Gasteiger partial charge in [0.1, 0.15) is 5.82 Å². The van der Waals surface area contributed by atoms with Gasteiger partial charge in [-0.25, -0.2) is 18.1 Å². The lowest BCUT2D eigenvalue weighted by atomic mass is 9.84. The normalized spacial score (nSPS) is 25.6. The zero-order valence-corrected chi connectivity index (χ0v) is 21.2. The molecule has 1 aliphatic carbocycles. The molecule has 0 radical (unpaired) electrons. The van der Waals surface area contributed by atoms with Crippen molar-refractivity contribution in [2.45, 2.75) is 56.9 Å². The maximum absolute atomic E-state index is 13.1. The quantitative estimate of drug-likeness (QED) is 0.543. The first-order valence-corrected chi connectivity index (χ1v) is 14.1. The molecular formula is C27H34N4O3S. The number of piperidine rings is 1. The molecule has 0 spiro atoms. The number of likely N-dealkylation sites (tertiary alicyclic amines) is 1. The number of nitrogens with one attached hydrogen (secondary N) is 2. The smallest absolute Gasteiger partial charge is 0.240 e. The van der Waals surface area contributed by atoms with E-state index in [2.05, 4.69) is 28.5 Å². The van der Waals surface area contributed by atoms with Crippen LogP contribution in [-0.4, -0.2) is 48.3 Å². The Morgan fingerprint density at radius 2 is 1.69 bits per heavy atom. The lowest BCUT2D eigenvalue weighted by Crippen LogP contribution is -2.47. The highest BCUT2D eigenvalue weighted by Gasteiger charge is 2.34. The first kappa shape index (κ1) is 24.0. The van der Waals surface area contributed by atoms with Crippen molar-refractivity contribution in [1.82, 2.24) is 19.6 Å². The van der Waals surface area contributed by atoms with Crippen molar-refractivity contribution in [3.8, 4) is 11.4 Å². The van der Waals surface area contributed by atoms with E-state index in [9.17, 15) is 13.2 Å². The van der Waals surface area contributed by atoms with E-state index in [0.29, 0.717) is 36.0 Å². The Morgan fingerprint density at radius 3 is 2.37 bits per heavy atom. The predicted octanol–water partition coefficient (Wildman–Crippen LogP) is 4.57. The summed E-state index contributed by atoms with van der Waals surface area (Å²) in [6, 6.07) is 14.6. The fourth-order valence-electron chi connectivity index (χ4n) is 5.73. The molecule has 2 unspecified atom stereocenters. The molecule has 1 saturated carbocycles. The minimum atomic E-state index is -3.68. The second-order valence-electron chi connectivity index (χ2n) is 10.5. The minimum absolute atomic E-state index is 0.00469. The number of aromatic amines is 1. The molecule has 186 valence electrons. The summed E-state index contributed by atoms with van der Waals surface area (Å²) in [7, 11) is -3.68. The molecule has 2 N–H and O–H groups in total. The SMILES string of the molecule is CC1CC(C)CN(C(=O)C2CCC(NS(=O)(=O)c3ccc4[nH]c(-c5ccccc5)nc4c3)CC2)C1. The van der Waals surface area contributed by atoms with Crippen LogP contribution in [0.15, 0.2) is 53.4 Å². The number of benzene rings is 2. The highest BCUT2D eigenvalue weighted by molar-refractivity contribution is 7.89. The number of carbonyl (C=O) groups is 1. The number of amides is 1. The second kappa shape index (κ2) is 9.74. The molecule has 0 bridgehead atoms. The van der Waals surface area contributed by atoms with E-state index in [-0.39, 0.29) is 22.8 Å². The van der Waals surface area contributed by atoms with Gasteiger partial charge >= 0.3 is 0 Å². The number of rotatable bonds is 5. The zero-order valence-electron chi connectivity index (χ0n) is 20.4. The van der Waals surface area contributed by atoms with Crippen LogP contribution in [0.2, 0.25) is 0 Å². The van der Waals surface area contributed by atoms with Gasteiger partial charge in [0.05, 0.1) is 15.9 Å². The highest BCUT2D eigenvalue weighted by Crippen LogP contribution is 2.30. The summed E-state index contributed by atoms with van der Waals surface area (Å²) in [6.07, 6.45) is 3.99. The molecule has 8 heteroatoms. The van der Waals surface area contributed by atoms with E-state index in [1.165, 1.54) is 6.42 Å². The Morgan fingerprint density at radius 1 is 1.00 bits per heavy atom. The Hall–Kier alpha value is -2.71. The maximum Gasteiger partial charge on any atom is 0.240 e. The molecule has 2 atom stereocenters. The van der Waals surface area contributed by atoms with Crippen molar-refractivity contribution >= 4 is 27.0 Å². The van der Waals surface area contributed by atoms with Gasteiger partial charge in [0.25, 0.3) is 0 Å². The number of aromatic nitrogens is 2. The molecule has 1 amide bonds. The summed E-state index contributed by atoms with van der Waals surface area (Å²) in [5, 5.41) is 0. The first-order valence-electron chi connectivity index (χ1n) is 12.6. The number of imidazole rings is 1. The van der Waals surface area contributed by atoms with Gasteiger partial charge in [-0.2, -0.15) is 0 Å². The average molecular weight is 495 g/mol. The largest absolute Gasteiger partial charge is 0.342 e. The highest BCUT2D eigenvalue weighted by atomic mass is 32.2. The number of H-pyrrole nitrogens is 1. The van der Waals surface area contributed by atoms with Gasteiger partial charge in [-0.05, 0) is 62.1 Å². The number of sulfonamides is 1. The Kier molecular flexibility index (Phi) is 6.68. The van der Waals surface area contributed by atoms with Gasteiger partial charge in [-0.3, -0.25) is 4.79 Å². The summed E-state index contributed by atoms with van der Waals surface area (Å²) < 4.78 is 29.1. The van der Waals surface area contributed by atoms with E-state index in [1.807, 2.05) is 35.2 Å². The number of nitrogens with zero attached hydrogens (tertiary/aromatic N) is 2. The van der Waals surface area contributed by atoms with E-state index in [1.54, 1.807) is 18.2 Å². The van der Waals surface area contributed by atoms with Crippen LogP contribution in [0, 0.1) is 17.8 Å². The van der Waals surface area contributed by atoms with Crippen LogP contribution in [0.5, 0.6) is 0 Å². The third kappa shape index (κ3) is 5.28. The van der Waals surface area contributed by atoms with Crippen LogP contribution in [0.4, 0.5) is 0 Å². The molecule has 1 aromatic heterocycles. The summed E-state index contributed by atoms with van der Waals surface area (Å²) in [5.41, 5.74) is 2.36. The van der Waals surface area contributed by atoms with E-state index < -0.39 is 10.0 Å². The van der Waals surface area contributed by atoms with E-state index in [4.69, 9.17) is 0 Å². The number of hydrogen-bond donors (Lipinski definition) is 2. The third-order valence-electron chi connectivity index (χ3n) is 7.39. The standard InChI is InChI=1S/C27H34N4O3S/c1-18-14-19(2)17-31(16-18)27(32)21-8-10-22(11-9-21)30-35(33,34)23-12-13-24-25(15-23)29-26(28-24)20-6-4-3-5-7-20/h3-7,12-13,15,18-19,21-22,30H,8-11,14,16-17H2,1-2H3,(H,28,29). The fourth-order valence-corrected chi connectivity index (χ4v) is 7.06. The van der Waals surface area contributed by atoms with Crippen molar-refractivity contribution in [3.63, 3.8) is 0 Å². The summed E-state index contributed by atoms with van der Waals surface area (Å²) in [6.45, 7) is 6.11. The van der Waals surface area contributed by atoms with Gasteiger partial charge in [0.15, 0.2) is 0 Å². The molecule has 5 rings (SSSR count). The van der Waals surface area contributed by atoms with Gasteiger partial charge in [0, 0.05) is 30.6 Å². The topological polar surface area (TPSA) is 95.2 Å². The zero-order chi connectivity index (χ0) is 24.6. The Bertz CT molecular complexity index is 1290. The minimum Gasteiger partial charge on any atom is -0.342 e. The van der Waals surface area contributed by atoms with Crippen molar-refractivity contribution in [1.29, 1.82) is 0 Å². The molecule has 1 saturated heterocycles. The van der Waals surface area contributed by atoms with Crippen molar-refractivity contribution in [2.75, 3.05) is 13.1 Å². The van der Waals surface area contributed by atoms with Gasteiger partial charge in [-0.1, -0.05) is 44.2 Å². The van der Waals surface area contributed by atoms with Gasteiger partial charge in [0.2, 0.25) is 15.9 Å². The van der Waals surface area contributed by atoms with Crippen LogP contribution >= 0.6 is 0 Å². The summed E-state index contributed by atoms with van der Waals surface area (Å²) in [4.78, 5) is 23.2. The van der Waals surface area contributed by atoms with Crippen LogP contribution in [0.1, 0.15) is 46.0 Å². The van der Waals surface area contributed by atoms with E-state index >= 15 is 0 Å². The van der Waals surface area contributed by atoms with Crippen LogP contribution in [0.25, 0.3) is 22.4 Å². The monoisotopic (exact) mass is 494 g/mol. The van der Waals surface area contributed by atoms with Gasteiger partial charge in [-0.15, -0.1) is 0 Å². The molecule has 2 fully saturated rings. The van der Waals surface area contributed by atoms with Crippen LogP contribution < -0.4 is 4.72 Å². The van der Waals surface area contributed by atoms with Crippen LogP contribution in [0.3, 0.4) is 0 Å². The second-order valence-corrected chi connectivity index (χ2v) is 12.2. The molecule has 2 aromatic carbocycles. The molecular weight excluding hydrogens is 460 g/mol. The lowest BCUT2D eigenvalue weighted by molar-refractivity contribution is -0.139. The van der Waals surface area contributed by atoms with Crippen molar-refractivity contribution < 1.29 is 13.2 Å². The number of hydrogen-bond acceptors (Lipinski definition) is 4. The lowest BCUT2D eigenvalue weighted by Gasteiger charge is -2.38. The average Bonchev–Trinajstić information content (AvgIpc) is 3.27. The molecule has 2 heterocycles. The van der Waals surface area contributed by atoms with E-state index in [0.717, 1.165) is 37.0 Å². The first-order chi connectivity index (χ1) is 16.8. The van der Waals surface area contributed by atoms with Crippen molar-refractivity contribution in [3.05, 3.63) is 48.5 Å². The molecule has 1 aliphatic heterocycles. The number of fused-ring (bicyclic) bond motifs is 1. The Balaban J connectivity index is 1.22. The maximum atomic E-state index is 13.1. The Labute approximate surface area is 207 Å². The summed E-state index contributed by atoms with van der Waals surface area (Å²) >= 11 is 0. The van der Waals surface area contributed by atoms with Crippen LogP contribution in [-0.2, 0) is 14.8 Å². The molecule has 3 aromatic rings. The molecule has 7 nitrogen and oxygen atoms in total. The van der Waals surface area contributed by atoms with Crippen molar-refractivity contribution in [2.24, 2.45) is 17.8 Å². The van der Waals surface area contributed by atoms with Gasteiger partial charge < -0.3 is 9.88 Å². The predicted molar refractivity (Wildman–Crippen MR) is 137 cm³/mol. The number of carbonyl (C=O) groups excluding carboxylic acids is 1. The fraction of sp³-hybridized carbons (Fsp3) is 0.481.